The average Bonchev–Trinajstić information content (AvgIpc) is 2.69. The van der Waals surface area contributed by atoms with Crippen molar-refractivity contribution in [2.75, 3.05) is 13.2 Å². The van der Waals surface area contributed by atoms with Gasteiger partial charge in [-0.2, -0.15) is 0 Å². The molecule has 146 valence electrons. The summed E-state index contributed by atoms with van der Waals surface area (Å²) in [5.41, 5.74) is 0.718. The van der Waals surface area contributed by atoms with E-state index in [-0.39, 0.29) is 22.6 Å². The summed E-state index contributed by atoms with van der Waals surface area (Å²) in [6.45, 7) is 6.25. The van der Waals surface area contributed by atoms with Crippen molar-refractivity contribution in [3.8, 4) is 11.8 Å². The first-order valence-electron chi connectivity index (χ1n) is 9.09. The summed E-state index contributed by atoms with van der Waals surface area (Å²) in [6, 6.07) is 7.29. The molecule has 0 unspecified atom stereocenters. The topological polar surface area (TPSA) is 18.5 Å². The third kappa shape index (κ3) is 4.64. The summed E-state index contributed by atoms with van der Waals surface area (Å²) < 4.78 is 53.9. The van der Waals surface area contributed by atoms with Crippen LogP contribution in [0.3, 0.4) is 0 Å². The third-order valence-corrected chi connectivity index (χ3v) is 4.57. The zero-order chi connectivity index (χ0) is 20.1. The van der Waals surface area contributed by atoms with Crippen LogP contribution in [0.1, 0.15) is 41.4 Å². The van der Waals surface area contributed by atoms with E-state index in [0.29, 0.717) is 13.2 Å². The Kier molecular flexibility index (Phi) is 6.56. The van der Waals surface area contributed by atoms with Gasteiger partial charge in [0.1, 0.15) is 5.82 Å². The molecule has 1 aliphatic heterocycles. The Balaban J connectivity index is 1.75. The predicted octanol–water partition coefficient (Wildman–Crippen LogP) is 5.44. The predicted molar refractivity (Wildman–Crippen MR) is 101 cm³/mol. The molecule has 1 saturated heterocycles. The van der Waals surface area contributed by atoms with Crippen LogP contribution in [0.25, 0.3) is 0 Å². The zero-order valence-corrected chi connectivity index (χ0v) is 15.6. The molecule has 0 bridgehead atoms. The Labute approximate surface area is 163 Å². The zero-order valence-electron chi connectivity index (χ0n) is 15.6. The van der Waals surface area contributed by atoms with E-state index >= 15 is 0 Å². The molecule has 0 aliphatic carbocycles. The van der Waals surface area contributed by atoms with Gasteiger partial charge in [-0.25, -0.2) is 13.2 Å². The summed E-state index contributed by atoms with van der Waals surface area (Å²) in [7, 11) is 0. The maximum absolute atomic E-state index is 14.5. The molecule has 1 heterocycles. The molecular formula is C23H21F3O2. The van der Waals surface area contributed by atoms with Crippen molar-refractivity contribution in [3.63, 3.8) is 0 Å². The lowest BCUT2D eigenvalue weighted by Crippen LogP contribution is -2.27. The number of hydrogen-bond acceptors (Lipinski definition) is 2. The van der Waals surface area contributed by atoms with Crippen molar-refractivity contribution in [3.05, 3.63) is 82.7 Å². The van der Waals surface area contributed by atoms with Crippen molar-refractivity contribution in [1.29, 1.82) is 0 Å². The molecule has 0 atom stereocenters. The lowest BCUT2D eigenvalue weighted by atomic mass is 10.0. The van der Waals surface area contributed by atoms with Gasteiger partial charge in [0.05, 0.1) is 24.3 Å². The van der Waals surface area contributed by atoms with Gasteiger partial charge in [0.25, 0.3) is 0 Å². The minimum absolute atomic E-state index is 0.00765. The molecule has 2 nitrogen and oxygen atoms in total. The van der Waals surface area contributed by atoms with Crippen LogP contribution >= 0.6 is 0 Å². The summed E-state index contributed by atoms with van der Waals surface area (Å²) in [4.78, 5) is 0. The minimum atomic E-state index is -1.10. The second-order valence-corrected chi connectivity index (χ2v) is 6.79. The van der Waals surface area contributed by atoms with Gasteiger partial charge in [0.15, 0.2) is 17.9 Å². The van der Waals surface area contributed by atoms with E-state index in [0.717, 1.165) is 18.4 Å². The van der Waals surface area contributed by atoms with Gasteiger partial charge in [-0.3, -0.25) is 0 Å². The van der Waals surface area contributed by atoms with Crippen molar-refractivity contribution >= 4 is 0 Å². The van der Waals surface area contributed by atoms with Crippen LogP contribution in [0.5, 0.6) is 0 Å². The Morgan fingerprint density at radius 2 is 1.71 bits per heavy atom. The maximum Gasteiger partial charge on any atom is 0.186 e. The Morgan fingerprint density at radius 1 is 1.04 bits per heavy atom. The largest absolute Gasteiger partial charge is 0.348 e. The van der Waals surface area contributed by atoms with Gasteiger partial charge < -0.3 is 9.47 Å². The lowest BCUT2D eigenvalue weighted by Gasteiger charge is -2.29. The third-order valence-electron chi connectivity index (χ3n) is 4.57. The van der Waals surface area contributed by atoms with E-state index in [9.17, 15) is 13.2 Å². The molecule has 0 N–H and O–H groups in total. The van der Waals surface area contributed by atoms with Crippen LogP contribution in [-0.4, -0.2) is 13.2 Å². The van der Waals surface area contributed by atoms with E-state index in [1.54, 1.807) is 13.0 Å². The highest BCUT2D eigenvalue weighted by molar-refractivity contribution is 5.45. The smallest absolute Gasteiger partial charge is 0.186 e. The van der Waals surface area contributed by atoms with E-state index < -0.39 is 23.7 Å². The van der Waals surface area contributed by atoms with E-state index in [1.807, 2.05) is 6.08 Å². The van der Waals surface area contributed by atoms with Gasteiger partial charge in [-0.15, -0.1) is 6.58 Å². The fraction of sp³-hybridized carbons (Fsp3) is 0.304. The maximum atomic E-state index is 14.5. The van der Waals surface area contributed by atoms with E-state index in [4.69, 9.17) is 9.47 Å². The Hall–Kier alpha value is -2.55. The van der Waals surface area contributed by atoms with Crippen LogP contribution in [0.4, 0.5) is 13.2 Å². The first kappa shape index (κ1) is 20.2. The van der Waals surface area contributed by atoms with Gasteiger partial charge >= 0.3 is 0 Å². The van der Waals surface area contributed by atoms with Crippen molar-refractivity contribution in [1.82, 2.24) is 0 Å². The molecule has 1 aliphatic rings. The number of ether oxygens (including phenoxy) is 2. The van der Waals surface area contributed by atoms with Crippen LogP contribution in [0.15, 0.2) is 43.0 Å². The first-order chi connectivity index (χ1) is 13.5. The minimum Gasteiger partial charge on any atom is -0.348 e. The highest BCUT2D eigenvalue weighted by Gasteiger charge is 2.27. The normalized spacial score (nSPS) is 19.0. The summed E-state index contributed by atoms with van der Waals surface area (Å²) in [5.74, 6) is 2.58. The highest BCUT2D eigenvalue weighted by atomic mass is 19.2. The van der Waals surface area contributed by atoms with Gasteiger partial charge in [0, 0.05) is 11.5 Å². The number of halogens is 3. The summed E-state index contributed by atoms with van der Waals surface area (Å²) >= 11 is 0. The molecule has 0 aromatic heterocycles. The molecule has 0 saturated carbocycles. The Morgan fingerprint density at radius 3 is 2.39 bits per heavy atom. The van der Waals surface area contributed by atoms with E-state index in [1.165, 1.54) is 24.3 Å². The molecule has 0 spiro atoms. The second kappa shape index (κ2) is 9.09. The first-order valence-corrected chi connectivity index (χ1v) is 9.09. The van der Waals surface area contributed by atoms with Gasteiger partial charge in [0.2, 0.25) is 0 Å². The quantitative estimate of drug-likeness (QED) is 0.515. The van der Waals surface area contributed by atoms with Crippen molar-refractivity contribution < 1.29 is 22.6 Å². The van der Waals surface area contributed by atoms with Crippen LogP contribution in [0, 0.1) is 42.1 Å². The molecule has 0 amide bonds. The summed E-state index contributed by atoms with van der Waals surface area (Å²) in [6.07, 6.45) is 2.59. The van der Waals surface area contributed by atoms with Crippen LogP contribution in [-0.2, 0) is 9.47 Å². The highest BCUT2D eigenvalue weighted by Crippen LogP contribution is 2.30. The molecule has 3 rings (SSSR count). The molecule has 1 fully saturated rings. The van der Waals surface area contributed by atoms with Gasteiger partial charge in [-0.05, 0) is 49.6 Å². The number of hydrogen-bond donors (Lipinski definition) is 0. The molecule has 2 aromatic rings. The Bertz CT molecular complexity index is 919. The molecule has 2 aromatic carbocycles. The van der Waals surface area contributed by atoms with Crippen molar-refractivity contribution in [2.45, 2.75) is 26.1 Å². The van der Waals surface area contributed by atoms with Gasteiger partial charge in [-0.1, -0.05) is 24.0 Å². The fourth-order valence-corrected chi connectivity index (χ4v) is 2.94. The standard InChI is InChI=1S/C23H21F3O2/c1-3-4-5-16-13-27-23(28-14-16)19-11-10-18(21(25)22(19)26)9-8-17-7-6-15(2)12-20(17)24/h3,6-7,10-12,16,23H,1,4-5,13-14H2,2H3. The number of aryl methyl sites for hydroxylation is 1. The number of rotatable bonds is 4. The number of allylic oxidation sites excluding steroid dienone is 1. The molecular weight excluding hydrogens is 365 g/mol. The van der Waals surface area contributed by atoms with Crippen LogP contribution < -0.4 is 0 Å². The monoisotopic (exact) mass is 386 g/mol. The molecule has 5 heteroatoms. The van der Waals surface area contributed by atoms with E-state index in [2.05, 4.69) is 18.4 Å². The lowest BCUT2D eigenvalue weighted by molar-refractivity contribution is -0.207. The molecule has 0 radical (unpaired) electrons. The average molecular weight is 386 g/mol. The van der Waals surface area contributed by atoms with Crippen molar-refractivity contribution in [2.24, 2.45) is 5.92 Å². The number of benzene rings is 2. The molecule has 28 heavy (non-hydrogen) atoms. The van der Waals surface area contributed by atoms with Crippen LogP contribution in [0.2, 0.25) is 0 Å². The SMILES string of the molecule is C=CCCC1COC(c2ccc(C#Cc3ccc(C)cc3F)c(F)c2F)OC1. The second-order valence-electron chi connectivity index (χ2n) is 6.79. The summed E-state index contributed by atoms with van der Waals surface area (Å²) in [5, 5.41) is 0. The fourth-order valence-electron chi connectivity index (χ4n) is 2.94.